The molecule has 1 saturated heterocycles. The van der Waals surface area contributed by atoms with Gasteiger partial charge in [0.25, 0.3) is 0 Å². The molecule has 2 rings (SSSR count). The minimum Gasteiger partial charge on any atom is -0.352 e. The first-order valence-electron chi connectivity index (χ1n) is 9.84. The van der Waals surface area contributed by atoms with Crippen LogP contribution in [0, 0.1) is 0 Å². The zero-order valence-electron chi connectivity index (χ0n) is 15.4. The second-order valence-electron chi connectivity index (χ2n) is 7.71. The van der Waals surface area contributed by atoms with Crippen LogP contribution in [-0.2, 0) is 4.79 Å². The number of nitrogens with two attached hydrogens (primary N) is 2. The van der Waals surface area contributed by atoms with Crippen molar-refractivity contribution in [2.75, 3.05) is 26.2 Å². The molecule has 1 aliphatic carbocycles. The van der Waals surface area contributed by atoms with E-state index < -0.39 is 12.1 Å². The van der Waals surface area contributed by atoms with Gasteiger partial charge in [-0.1, -0.05) is 25.7 Å². The van der Waals surface area contributed by atoms with Crippen LogP contribution in [0.4, 0.5) is 4.79 Å². The van der Waals surface area contributed by atoms with Crippen molar-refractivity contribution in [1.82, 2.24) is 15.5 Å². The highest BCUT2D eigenvalue weighted by atomic mass is 16.2. The van der Waals surface area contributed by atoms with E-state index in [2.05, 4.69) is 15.5 Å². The summed E-state index contributed by atoms with van der Waals surface area (Å²) in [5.41, 5.74) is 11.0. The van der Waals surface area contributed by atoms with Crippen molar-refractivity contribution in [2.45, 2.75) is 75.8 Å². The second kappa shape index (κ2) is 9.97. The molecule has 0 aromatic heterocycles. The van der Waals surface area contributed by atoms with Gasteiger partial charge in [0.2, 0.25) is 5.91 Å². The van der Waals surface area contributed by atoms with Gasteiger partial charge in [-0.2, -0.15) is 0 Å². The van der Waals surface area contributed by atoms with E-state index in [1.165, 1.54) is 38.5 Å². The van der Waals surface area contributed by atoms with E-state index in [4.69, 9.17) is 11.5 Å². The third-order valence-corrected chi connectivity index (χ3v) is 5.50. The largest absolute Gasteiger partial charge is 0.352 e. The molecule has 3 amide bonds. The molecule has 6 N–H and O–H groups in total. The van der Waals surface area contributed by atoms with Crippen molar-refractivity contribution in [3.05, 3.63) is 0 Å². The maximum absolute atomic E-state index is 12.6. The Hall–Kier alpha value is -1.34. The quantitative estimate of drug-likeness (QED) is 0.489. The molecule has 1 aliphatic heterocycles. The van der Waals surface area contributed by atoms with E-state index in [1.54, 1.807) is 0 Å². The van der Waals surface area contributed by atoms with Gasteiger partial charge in [0, 0.05) is 13.1 Å². The molecule has 1 saturated carbocycles. The van der Waals surface area contributed by atoms with Gasteiger partial charge in [0.1, 0.15) is 0 Å². The van der Waals surface area contributed by atoms with Crippen LogP contribution in [0.15, 0.2) is 0 Å². The number of piperidine rings is 1. The fourth-order valence-corrected chi connectivity index (χ4v) is 4.12. The summed E-state index contributed by atoms with van der Waals surface area (Å²) in [6.45, 7) is 3.69. The summed E-state index contributed by atoms with van der Waals surface area (Å²) in [5.74, 6) is -0.0574. The maximum Gasteiger partial charge on any atom is 0.312 e. The summed E-state index contributed by atoms with van der Waals surface area (Å²) >= 11 is 0. The molecule has 0 bridgehead atoms. The van der Waals surface area contributed by atoms with Crippen LogP contribution >= 0.6 is 0 Å². The van der Waals surface area contributed by atoms with Crippen LogP contribution in [0.2, 0.25) is 0 Å². The number of nitrogens with zero attached hydrogens (tertiary/aromatic N) is 1. The van der Waals surface area contributed by atoms with Crippen molar-refractivity contribution in [3.63, 3.8) is 0 Å². The molecule has 0 aromatic rings. The average Bonchev–Trinajstić information content (AvgIpc) is 2.59. The van der Waals surface area contributed by atoms with E-state index in [1.807, 2.05) is 0 Å². The van der Waals surface area contributed by atoms with E-state index >= 15 is 0 Å². The lowest BCUT2D eigenvalue weighted by Gasteiger charge is -2.43. The fraction of sp³-hybridized carbons (Fsp3) is 0.889. The number of carbonyl (C=O) groups excluding carboxylic acids is 2. The second-order valence-corrected chi connectivity index (χ2v) is 7.71. The summed E-state index contributed by atoms with van der Waals surface area (Å²) in [7, 11) is 0. The van der Waals surface area contributed by atoms with E-state index in [-0.39, 0.29) is 11.4 Å². The van der Waals surface area contributed by atoms with Gasteiger partial charge >= 0.3 is 6.03 Å². The summed E-state index contributed by atoms with van der Waals surface area (Å²) in [6, 6.07) is -1.07. The summed E-state index contributed by atoms with van der Waals surface area (Å²) in [5, 5.41) is 5.84. The first kappa shape index (κ1) is 20.0. The first-order chi connectivity index (χ1) is 12.0. The predicted molar refractivity (Wildman–Crippen MR) is 99.0 cm³/mol. The lowest BCUT2D eigenvalue weighted by atomic mass is 9.80. The van der Waals surface area contributed by atoms with Crippen LogP contribution in [0.5, 0.6) is 0 Å². The van der Waals surface area contributed by atoms with Crippen molar-refractivity contribution in [1.29, 1.82) is 0 Å². The minimum atomic E-state index is -0.541. The number of hydrogen-bond donors (Lipinski definition) is 4. The molecule has 2 aliphatic rings. The van der Waals surface area contributed by atoms with Gasteiger partial charge in [-0.3, -0.25) is 4.79 Å². The standard InChI is InChI=1S/C18H35N5O2/c19-15(8-7-11-21-17(20)25)16(24)22-18(9-3-1-4-10-18)14-23-12-5-2-6-13-23/h15H,1-14,19H2,(H,22,24)(H3,20,21,25). The number of likely N-dealkylation sites (tertiary alicyclic amines) is 1. The SMILES string of the molecule is NC(=O)NCCCC(N)C(=O)NC1(CN2CCCCC2)CCCCC1. The maximum atomic E-state index is 12.6. The molecular weight excluding hydrogens is 318 g/mol. The van der Waals surface area contributed by atoms with Gasteiger partial charge in [0.15, 0.2) is 0 Å². The number of nitrogens with one attached hydrogen (secondary N) is 2. The Morgan fingerprint density at radius 1 is 1.04 bits per heavy atom. The Morgan fingerprint density at radius 3 is 2.32 bits per heavy atom. The Bertz CT molecular complexity index is 431. The lowest BCUT2D eigenvalue weighted by Crippen LogP contribution is -2.60. The van der Waals surface area contributed by atoms with Gasteiger partial charge in [-0.25, -0.2) is 4.79 Å². The summed E-state index contributed by atoms with van der Waals surface area (Å²) in [4.78, 5) is 25.8. The highest BCUT2D eigenvalue weighted by Crippen LogP contribution is 2.30. The minimum absolute atomic E-state index is 0.0574. The molecule has 144 valence electrons. The first-order valence-corrected chi connectivity index (χ1v) is 9.84. The van der Waals surface area contributed by atoms with Crippen molar-refractivity contribution < 1.29 is 9.59 Å². The van der Waals surface area contributed by atoms with Crippen LogP contribution in [0.25, 0.3) is 0 Å². The lowest BCUT2D eigenvalue weighted by molar-refractivity contribution is -0.125. The van der Waals surface area contributed by atoms with E-state index in [9.17, 15) is 9.59 Å². The zero-order valence-corrected chi connectivity index (χ0v) is 15.4. The summed E-state index contributed by atoms with van der Waals surface area (Å²) < 4.78 is 0. The number of urea groups is 1. The van der Waals surface area contributed by atoms with Gasteiger partial charge in [-0.05, 0) is 51.6 Å². The average molecular weight is 354 g/mol. The number of carbonyl (C=O) groups is 2. The van der Waals surface area contributed by atoms with Crippen LogP contribution in [0.1, 0.15) is 64.2 Å². The van der Waals surface area contributed by atoms with E-state index in [0.717, 1.165) is 32.5 Å². The zero-order chi connectivity index (χ0) is 18.1. The normalized spacial score (nSPS) is 22.1. The molecule has 2 fully saturated rings. The third kappa shape index (κ3) is 6.82. The summed E-state index contributed by atoms with van der Waals surface area (Å²) in [6.07, 6.45) is 10.7. The smallest absolute Gasteiger partial charge is 0.312 e. The number of primary amides is 1. The van der Waals surface area contributed by atoms with E-state index in [0.29, 0.717) is 19.4 Å². The molecule has 1 unspecified atom stereocenters. The topological polar surface area (TPSA) is 113 Å². The van der Waals surface area contributed by atoms with Gasteiger partial charge in [-0.15, -0.1) is 0 Å². The Balaban J connectivity index is 1.84. The Labute approximate surface area is 151 Å². The predicted octanol–water partition coefficient (Wildman–Crippen LogP) is 1.07. The third-order valence-electron chi connectivity index (χ3n) is 5.50. The van der Waals surface area contributed by atoms with Gasteiger partial charge in [0.05, 0.1) is 11.6 Å². The van der Waals surface area contributed by atoms with Crippen LogP contribution < -0.4 is 22.1 Å². The molecule has 0 spiro atoms. The van der Waals surface area contributed by atoms with Crippen molar-refractivity contribution in [2.24, 2.45) is 11.5 Å². The highest BCUT2D eigenvalue weighted by Gasteiger charge is 2.36. The highest BCUT2D eigenvalue weighted by molar-refractivity contribution is 5.82. The Morgan fingerprint density at radius 2 is 1.68 bits per heavy atom. The van der Waals surface area contributed by atoms with Crippen molar-refractivity contribution >= 4 is 11.9 Å². The van der Waals surface area contributed by atoms with Crippen LogP contribution in [-0.4, -0.2) is 54.6 Å². The van der Waals surface area contributed by atoms with Crippen LogP contribution in [0.3, 0.4) is 0 Å². The van der Waals surface area contributed by atoms with Gasteiger partial charge < -0.3 is 27.0 Å². The molecule has 0 aromatic carbocycles. The number of hydrogen-bond acceptors (Lipinski definition) is 4. The molecule has 0 radical (unpaired) electrons. The monoisotopic (exact) mass is 353 g/mol. The fourth-order valence-electron chi connectivity index (χ4n) is 4.12. The number of amides is 3. The Kier molecular flexibility index (Phi) is 7.96. The number of rotatable bonds is 8. The molecule has 7 nitrogen and oxygen atoms in total. The molecule has 1 atom stereocenters. The van der Waals surface area contributed by atoms with Crippen molar-refractivity contribution in [3.8, 4) is 0 Å². The molecule has 25 heavy (non-hydrogen) atoms. The molecule has 1 heterocycles. The molecule has 7 heteroatoms. The molecular formula is C18H35N5O2.